The summed E-state index contributed by atoms with van der Waals surface area (Å²) in [5.41, 5.74) is 1.02. The molecule has 1 heterocycles. The highest BCUT2D eigenvalue weighted by molar-refractivity contribution is 8.01. The summed E-state index contributed by atoms with van der Waals surface area (Å²) in [4.78, 5) is 11.3. The third-order valence-corrected chi connectivity index (χ3v) is 4.74. The van der Waals surface area contributed by atoms with Crippen LogP contribution in [0.25, 0.3) is 12.2 Å². The van der Waals surface area contributed by atoms with Gasteiger partial charge in [0.1, 0.15) is 0 Å². The number of thioether (sulfide) groups is 1. The smallest absolute Gasteiger partial charge is 0.269 e. The molecule has 0 bridgehead atoms. The van der Waals surface area contributed by atoms with Crippen molar-refractivity contribution in [3.8, 4) is 0 Å². The number of nitro groups is 1. The molecule has 0 spiro atoms. The van der Waals surface area contributed by atoms with E-state index in [0.29, 0.717) is 5.75 Å². The normalized spacial score (nSPS) is 11.1. The molecule has 2 aromatic rings. The topological polar surface area (TPSA) is 63.4 Å². The van der Waals surface area contributed by atoms with Gasteiger partial charge in [0.2, 0.25) is 0 Å². The Morgan fingerprint density at radius 3 is 2.60 bits per heavy atom. The van der Waals surface area contributed by atoms with Crippen LogP contribution in [0.1, 0.15) is 10.4 Å². The van der Waals surface area contributed by atoms with Crippen LogP contribution in [0.5, 0.6) is 0 Å². The zero-order valence-corrected chi connectivity index (χ0v) is 12.2. The molecule has 0 unspecified atom stereocenters. The predicted octanol–water partition coefficient (Wildman–Crippen LogP) is 3.91. The number of benzene rings is 1. The van der Waals surface area contributed by atoms with E-state index >= 15 is 0 Å². The van der Waals surface area contributed by atoms with Crippen molar-refractivity contribution in [2.45, 2.75) is 4.21 Å². The Labute approximate surface area is 124 Å². The first kappa shape index (κ1) is 14.8. The largest absolute Gasteiger partial charge is 0.396 e. The fraction of sp³-hybridized carbons (Fsp3) is 0.143. The third kappa shape index (κ3) is 4.19. The molecule has 0 amide bonds. The molecule has 0 fully saturated rings. The number of nitro benzene ring substituents is 1. The molecule has 0 aliphatic heterocycles. The van der Waals surface area contributed by atoms with Gasteiger partial charge in [0, 0.05) is 22.8 Å². The molecule has 0 radical (unpaired) electrons. The number of thiophene rings is 1. The highest BCUT2D eigenvalue weighted by Gasteiger charge is 2.02. The van der Waals surface area contributed by atoms with Gasteiger partial charge in [-0.1, -0.05) is 6.08 Å². The fourth-order valence-corrected chi connectivity index (χ4v) is 3.40. The van der Waals surface area contributed by atoms with Crippen molar-refractivity contribution >= 4 is 40.9 Å². The number of hydrogen-bond donors (Lipinski definition) is 1. The van der Waals surface area contributed by atoms with E-state index in [2.05, 4.69) is 0 Å². The molecular formula is C14H13NO3S2. The van der Waals surface area contributed by atoms with Crippen LogP contribution in [0.2, 0.25) is 0 Å². The Morgan fingerprint density at radius 2 is 1.95 bits per heavy atom. The zero-order chi connectivity index (χ0) is 14.4. The molecule has 0 aliphatic rings. The first-order valence-corrected chi connectivity index (χ1v) is 7.75. The number of aliphatic hydroxyl groups excluding tert-OH is 1. The van der Waals surface area contributed by atoms with Crippen molar-refractivity contribution in [2.24, 2.45) is 0 Å². The lowest BCUT2D eigenvalue weighted by molar-refractivity contribution is -0.384. The van der Waals surface area contributed by atoms with Gasteiger partial charge in [0.15, 0.2) is 0 Å². The maximum Gasteiger partial charge on any atom is 0.269 e. The molecular weight excluding hydrogens is 294 g/mol. The molecule has 1 N–H and O–H groups in total. The molecule has 0 saturated carbocycles. The van der Waals surface area contributed by atoms with Crippen LogP contribution in [-0.4, -0.2) is 22.4 Å². The van der Waals surface area contributed by atoms with Crippen LogP contribution in [0.4, 0.5) is 5.69 Å². The van der Waals surface area contributed by atoms with Gasteiger partial charge in [-0.25, -0.2) is 0 Å². The number of hydrogen-bond acceptors (Lipinski definition) is 5. The van der Waals surface area contributed by atoms with Gasteiger partial charge < -0.3 is 5.11 Å². The second-order valence-corrected chi connectivity index (χ2v) is 6.42. The molecule has 6 heteroatoms. The lowest BCUT2D eigenvalue weighted by atomic mass is 10.2. The van der Waals surface area contributed by atoms with Gasteiger partial charge in [-0.3, -0.25) is 10.1 Å². The van der Waals surface area contributed by atoms with E-state index in [4.69, 9.17) is 5.11 Å². The first-order chi connectivity index (χ1) is 9.69. The molecule has 4 nitrogen and oxygen atoms in total. The quantitative estimate of drug-likeness (QED) is 0.499. The second kappa shape index (κ2) is 7.23. The van der Waals surface area contributed by atoms with Crippen molar-refractivity contribution in [3.05, 3.63) is 57.0 Å². The molecule has 104 valence electrons. The summed E-state index contributed by atoms with van der Waals surface area (Å²) in [5, 5.41) is 19.3. The molecule has 0 atom stereocenters. The van der Waals surface area contributed by atoms with Crippen LogP contribution in [-0.2, 0) is 0 Å². The number of non-ortho nitro benzene ring substituents is 1. The molecule has 0 aliphatic carbocycles. The van der Waals surface area contributed by atoms with Crippen molar-refractivity contribution in [1.82, 2.24) is 0 Å². The summed E-state index contributed by atoms with van der Waals surface area (Å²) in [7, 11) is 0. The monoisotopic (exact) mass is 307 g/mol. The first-order valence-electron chi connectivity index (χ1n) is 5.95. The summed E-state index contributed by atoms with van der Waals surface area (Å²) in [5.74, 6) is 0.700. The minimum atomic E-state index is -0.405. The Balaban J connectivity index is 2.01. The molecule has 2 rings (SSSR count). The van der Waals surface area contributed by atoms with E-state index < -0.39 is 4.92 Å². The summed E-state index contributed by atoms with van der Waals surface area (Å²) in [6.07, 6.45) is 3.91. The minimum Gasteiger partial charge on any atom is -0.396 e. The van der Waals surface area contributed by atoms with E-state index in [1.54, 1.807) is 35.2 Å². The van der Waals surface area contributed by atoms with E-state index in [1.165, 1.54) is 16.3 Å². The van der Waals surface area contributed by atoms with Gasteiger partial charge in [-0.05, 0) is 35.9 Å². The fourth-order valence-electron chi connectivity index (χ4n) is 1.53. The van der Waals surface area contributed by atoms with Crippen LogP contribution in [0.3, 0.4) is 0 Å². The summed E-state index contributed by atoms with van der Waals surface area (Å²) in [6.45, 7) is 0.177. The average molecular weight is 307 g/mol. The van der Waals surface area contributed by atoms with E-state index in [1.807, 2.05) is 24.3 Å². The zero-order valence-electron chi connectivity index (χ0n) is 10.6. The number of aliphatic hydroxyl groups is 1. The number of nitrogens with zero attached hydrogens (tertiary/aromatic N) is 1. The van der Waals surface area contributed by atoms with Crippen LogP contribution < -0.4 is 0 Å². The Kier molecular flexibility index (Phi) is 5.34. The Morgan fingerprint density at radius 1 is 1.20 bits per heavy atom. The van der Waals surface area contributed by atoms with Crippen molar-refractivity contribution in [1.29, 1.82) is 0 Å². The van der Waals surface area contributed by atoms with E-state index in [-0.39, 0.29) is 12.3 Å². The highest BCUT2D eigenvalue weighted by atomic mass is 32.2. The molecule has 20 heavy (non-hydrogen) atoms. The van der Waals surface area contributed by atoms with Gasteiger partial charge in [0.05, 0.1) is 15.7 Å². The van der Waals surface area contributed by atoms with Gasteiger partial charge in [0.25, 0.3) is 5.69 Å². The van der Waals surface area contributed by atoms with E-state index in [0.717, 1.165) is 10.4 Å². The standard InChI is InChI=1S/C14H13NO3S2/c16-9-10-19-14-8-7-13(20-14)6-3-11-1-4-12(5-2-11)15(17)18/h1-8,16H,9-10H2/b6-3+. The average Bonchev–Trinajstić information content (AvgIpc) is 2.91. The van der Waals surface area contributed by atoms with Gasteiger partial charge >= 0.3 is 0 Å². The van der Waals surface area contributed by atoms with Crippen LogP contribution in [0, 0.1) is 10.1 Å². The van der Waals surface area contributed by atoms with Crippen molar-refractivity contribution < 1.29 is 10.0 Å². The summed E-state index contributed by atoms with van der Waals surface area (Å²) in [6, 6.07) is 10.5. The second-order valence-electron chi connectivity index (χ2n) is 3.91. The third-order valence-electron chi connectivity index (χ3n) is 2.48. The molecule has 0 saturated heterocycles. The van der Waals surface area contributed by atoms with Gasteiger partial charge in [-0.2, -0.15) is 0 Å². The van der Waals surface area contributed by atoms with Crippen LogP contribution >= 0.6 is 23.1 Å². The maximum atomic E-state index is 10.5. The lowest BCUT2D eigenvalue weighted by Crippen LogP contribution is -1.86. The summed E-state index contributed by atoms with van der Waals surface area (Å²) >= 11 is 3.28. The van der Waals surface area contributed by atoms with E-state index in [9.17, 15) is 10.1 Å². The predicted molar refractivity (Wildman–Crippen MR) is 84.2 cm³/mol. The minimum absolute atomic E-state index is 0.0981. The molecule has 1 aromatic heterocycles. The molecule has 1 aromatic carbocycles. The maximum absolute atomic E-state index is 10.5. The Bertz CT molecular complexity index is 605. The van der Waals surface area contributed by atoms with Crippen molar-refractivity contribution in [3.63, 3.8) is 0 Å². The summed E-state index contributed by atoms with van der Waals surface area (Å²) < 4.78 is 1.17. The number of rotatable bonds is 6. The van der Waals surface area contributed by atoms with Crippen molar-refractivity contribution in [2.75, 3.05) is 12.4 Å². The lowest BCUT2D eigenvalue weighted by Gasteiger charge is -1.93. The SMILES string of the molecule is O=[N+]([O-])c1ccc(/C=C/c2ccc(SCCO)s2)cc1. The van der Waals surface area contributed by atoms with Crippen LogP contribution in [0.15, 0.2) is 40.6 Å². The van der Waals surface area contributed by atoms with Gasteiger partial charge in [-0.15, -0.1) is 23.1 Å². The Hall–Kier alpha value is -1.63. The highest BCUT2D eigenvalue weighted by Crippen LogP contribution is 2.28.